The van der Waals surface area contributed by atoms with Gasteiger partial charge in [-0.1, -0.05) is 46.1 Å². The number of halogens is 3. The third-order valence-corrected chi connectivity index (χ3v) is 11.0. The van der Waals surface area contributed by atoms with Crippen LogP contribution in [-0.4, -0.2) is 40.5 Å². The van der Waals surface area contributed by atoms with Crippen molar-refractivity contribution in [1.29, 1.82) is 0 Å². The maximum atomic E-state index is 14.2. The van der Waals surface area contributed by atoms with Crippen LogP contribution in [0, 0.1) is 29.1 Å². The highest BCUT2D eigenvalue weighted by molar-refractivity contribution is 9.10. The number of alkyl halides is 1. The van der Waals surface area contributed by atoms with Crippen LogP contribution in [0.2, 0.25) is 10.0 Å². The third-order valence-electron chi connectivity index (χ3n) is 8.95. The third kappa shape index (κ3) is 3.22. The highest BCUT2D eigenvalue weighted by atomic mass is 79.9. The number of nitrogens with zero attached hydrogens (tertiary/aromatic N) is 2. The molecule has 2 heterocycles. The van der Waals surface area contributed by atoms with Crippen molar-refractivity contribution in [2.75, 3.05) is 16.4 Å². The summed E-state index contributed by atoms with van der Waals surface area (Å²) in [5, 5.41) is 0.860. The number of esters is 1. The molecule has 0 spiro atoms. The SMILES string of the molecule is CCOC(=O)C1=C(C)C2(Br)[C@@H]3C(=O)N(c4ccc(Cl)cc4)C(=O)[C@@H]3C1(C)[C@@H]1C(=O)N(c3ccc(Cl)cc3)C(=O)[C@@H]12. The van der Waals surface area contributed by atoms with Gasteiger partial charge in [0.05, 0.1) is 46.0 Å². The molecule has 1 saturated carbocycles. The molecule has 2 unspecified atom stereocenters. The molecule has 4 amide bonds. The lowest BCUT2D eigenvalue weighted by Crippen LogP contribution is -2.67. The van der Waals surface area contributed by atoms with E-state index < -0.39 is 63.0 Å². The van der Waals surface area contributed by atoms with Gasteiger partial charge in [-0.3, -0.25) is 19.2 Å². The number of imide groups is 2. The van der Waals surface area contributed by atoms with Crippen LogP contribution in [0.3, 0.4) is 0 Å². The Balaban J connectivity index is 1.58. The Morgan fingerprint density at radius 3 is 1.55 bits per heavy atom. The van der Waals surface area contributed by atoms with Gasteiger partial charge in [0.1, 0.15) is 0 Å². The molecule has 11 heteroatoms. The zero-order chi connectivity index (χ0) is 28.9. The second-order valence-electron chi connectivity index (χ2n) is 10.7. The van der Waals surface area contributed by atoms with Crippen LogP contribution in [-0.2, 0) is 28.7 Å². The second kappa shape index (κ2) is 8.99. The average molecular weight is 646 g/mol. The van der Waals surface area contributed by atoms with Crippen molar-refractivity contribution in [1.82, 2.24) is 0 Å². The van der Waals surface area contributed by atoms with Crippen molar-refractivity contribution in [2.24, 2.45) is 29.1 Å². The van der Waals surface area contributed by atoms with E-state index in [1.807, 2.05) is 0 Å². The average Bonchev–Trinajstić information content (AvgIpc) is 3.34. The Labute approximate surface area is 248 Å². The predicted molar refractivity (Wildman–Crippen MR) is 151 cm³/mol. The van der Waals surface area contributed by atoms with Crippen LogP contribution in [0.4, 0.5) is 11.4 Å². The predicted octanol–water partition coefficient (Wildman–Crippen LogP) is 4.95. The number of hydrogen-bond acceptors (Lipinski definition) is 6. The molecule has 6 atom stereocenters. The summed E-state index contributed by atoms with van der Waals surface area (Å²) in [7, 11) is 0. The van der Waals surface area contributed by atoms with Gasteiger partial charge < -0.3 is 4.74 Å². The molecular weight excluding hydrogens is 623 g/mol. The fourth-order valence-electron chi connectivity index (χ4n) is 7.42. The zero-order valence-corrected chi connectivity index (χ0v) is 24.7. The van der Waals surface area contributed by atoms with Crippen LogP contribution in [0.15, 0.2) is 59.7 Å². The fraction of sp³-hybridized carbons (Fsp3) is 0.345. The molecule has 5 aliphatic rings. The maximum absolute atomic E-state index is 14.2. The molecule has 0 aromatic heterocycles. The standard InChI is InChI=1S/C29H23BrCl2N2O6/c1-4-40-27(39)18-13(2)29(30)21-19(23(35)33(25(21)37)16-9-5-14(31)6-10-16)28(18,3)20-22(29)26(38)34(24(20)36)17-11-7-15(32)8-12-17/h5-12,19-22H,4H2,1-3H3/t19-,20+,21+,22-,28?,29?. The molecule has 3 aliphatic carbocycles. The summed E-state index contributed by atoms with van der Waals surface area (Å²) in [4.78, 5) is 72.5. The molecule has 7 rings (SSSR count). The van der Waals surface area contributed by atoms with Crippen LogP contribution in [0.1, 0.15) is 20.8 Å². The van der Waals surface area contributed by atoms with Gasteiger partial charge in [-0.25, -0.2) is 14.6 Å². The summed E-state index contributed by atoms with van der Waals surface area (Å²) < 4.78 is 3.92. The first-order valence-electron chi connectivity index (χ1n) is 12.7. The van der Waals surface area contributed by atoms with Crippen molar-refractivity contribution >= 4 is 80.1 Å². The van der Waals surface area contributed by atoms with Crippen LogP contribution in [0.5, 0.6) is 0 Å². The zero-order valence-electron chi connectivity index (χ0n) is 21.6. The summed E-state index contributed by atoms with van der Waals surface area (Å²) in [6.45, 7) is 5.02. The van der Waals surface area contributed by atoms with Gasteiger partial charge in [0.15, 0.2) is 0 Å². The minimum atomic E-state index is -1.51. The van der Waals surface area contributed by atoms with Gasteiger partial charge in [0, 0.05) is 21.0 Å². The van der Waals surface area contributed by atoms with Crippen LogP contribution >= 0.6 is 39.1 Å². The minimum absolute atomic E-state index is 0.0662. The fourth-order valence-corrected chi connectivity index (χ4v) is 8.79. The number of carbonyl (C=O) groups is 5. The van der Waals surface area contributed by atoms with E-state index in [9.17, 15) is 24.0 Å². The van der Waals surface area contributed by atoms with Gasteiger partial charge in [-0.2, -0.15) is 0 Å². The number of amides is 4. The molecule has 2 saturated heterocycles. The van der Waals surface area contributed by atoms with Gasteiger partial charge in [0.25, 0.3) is 0 Å². The number of ether oxygens (including phenoxy) is 1. The lowest BCUT2D eigenvalue weighted by molar-refractivity contribution is -0.152. The number of benzene rings is 2. The molecule has 2 bridgehead atoms. The molecule has 2 aromatic carbocycles. The molecule has 2 aromatic rings. The Bertz CT molecular complexity index is 1460. The van der Waals surface area contributed by atoms with E-state index in [1.165, 1.54) is 0 Å². The van der Waals surface area contributed by atoms with Crippen molar-refractivity contribution in [3.05, 3.63) is 69.7 Å². The van der Waals surface area contributed by atoms with Crippen molar-refractivity contribution in [2.45, 2.75) is 25.1 Å². The number of rotatable bonds is 4. The summed E-state index contributed by atoms with van der Waals surface area (Å²) in [5.41, 5.74) is -0.327. The van der Waals surface area contributed by atoms with Crippen LogP contribution < -0.4 is 9.80 Å². The first kappa shape index (κ1) is 27.2. The molecule has 2 aliphatic heterocycles. The quantitative estimate of drug-likeness (QED) is 0.265. The first-order valence-corrected chi connectivity index (χ1v) is 14.3. The van der Waals surface area contributed by atoms with Gasteiger partial charge >= 0.3 is 5.97 Å². The van der Waals surface area contributed by atoms with E-state index in [2.05, 4.69) is 15.9 Å². The van der Waals surface area contributed by atoms with Crippen molar-refractivity contribution in [3.63, 3.8) is 0 Å². The maximum Gasteiger partial charge on any atom is 0.334 e. The van der Waals surface area contributed by atoms with E-state index >= 15 is 0 Å². The van der Waals surface area contributed by atoms with Gasteiger partial charge in [0.2, 0.25) is 23.6 Å². The number of anilines is 2. The molecule has 0 radical (unpaired) electrons. The van der Waals surface area contributed by atoms with E-state index in [0.717, 1.165) is 9.80 Å². The Hall–Kier alpha value is -3.01. The number of allylic oxidation sites excluding steroid dienone is 1. The lowest BCUT2D eigenvalue weighted by Gasteiger charge is -2.59. The second-order valence-corrected chi connectivity index (χ2v) is 12.8. The highest BCUT2D eigenvalue weighted by Crippen LogP contribution is 2.72. The summed E-state index contributed by atoms with van der Waals surface area (Å²) in [6, 6.07) is 12.5. The van der Waals surface area contributed by atoms with Crippen molar-refractivity contribution < 1.29 is 28.7 Å². The van der Waals surface area contributed by atoms with E-state index in [-0.39, 0.29) is 12.2 Å². The number of carbonyl (C=O) groups excluding carboxylic acids is 5. The van der Waals surface area contributed by atoms with E-state index in [1.54, 1.807) is 69.3 Å². The summed E-state index contributed by atoms with van der Waals surface area (Å²) in [5.74, 6) is -7.16. The number of hydrogen-bond donors (Lipinski definition) is 0. The summed E-state index contributed by atoms with van der Waals surface area (Å²) in [6.07, 6.45) is 0. The molecule has 0 N–H and O–H groups in total. The Morgan fingerprint density at radius 1 is 0.800 bits per heavy atom. The van der Waals surface area contributed by atoms with Gasteiger partial charge in [-0.05, 0) is 68.0 Å². The molecule has 40 heavy (non-hydrogen) atoms. The largest absolute Gasteiger partial charge is 0.463 e. The van der Waals surface area contributed by atoms with Gasteiger partial charge in [-0.15, -0.1) is 0 Å². The minimum Gasteiger partial charge on any atom is -0.463 e. The highest BCUT2D eigenvalue weighted by Gasteiger charge is 2.81. The lowest BCUT2D eigenvalue weighted by atomic mass is 9.43. The Kier molecular flexibility index (Phi) is 6.11. The molecule has 206 valence electrons. The topological polar surface area (TPSA) is 101 Å². The molecule has 8 nitrogen and oxygen atoms in total. The van der Waals surface area contributed by atoms with E-state index in [0.29, 0.717) is 27.0 Å². The van der Waals surface area contributed by atoms with Crippen LogP contribution in [0.25, 0.3) is 0 Å². The van der Waals surface area contributed by atoms with Crippen molar-refractivity contribution in [3.8, 4) is 0 Å². The first-order chi connectivity index (χ1) is 18.9. The smallest absolute Gasteiger partial charge is 0.334 e. The van der Waals surface area contributed by atoms with E-state index in [4.69, 9.17) is 27.9 Å². The molecule has 3 fully saturated rings. The monoisotopic (exact) mass is 644 g/mol. The Morgan fingerprint density at radius 2 is 1.18 bits per heavy atom. The normalized spacial score (nSPS) is 32.6. The molecular formula is C29H23BrCl2N2O6. The summed E-state index contributed by atoms with van der Waals surface area (Å²) >= 11 is 15.8.